The van der Waals surface area contributed by atoms with Gasteiger partial charge < -0.3 is 66.0 Å². The molecular formula is C72H86N4O12. The fourth-order valence-electron chi connectivity index (χ4n) is 20.6. The zero-order chi connectivity index (χ0) is 60.9. The van der Waals surface area contributed by atoms with Crippen molar-refractivity contribution in [3.8, 4) is 17.2 Å². The molecule has 0 amide bonds. The number of carbonyl (C=O) groups is 1. The topological polar surface area (TPSA) is 269 Å². The van der Waals surface area contributed by atoms with Crippen LogP contribution in [0.1, 0.15) is 192 Å². The number of fused-ring (bicyclic) bond motifs is 13. The molecule has 0 radical (unpaired) electrons. The van der Waals surface area contributed by atoms with Crippen molar-refractivity contribution in [2.45, 2.75) is 195 Å². The van der Waals surface area contributed by atoms with Crippen LogP contribution < -0.4 is 31.8 Å². The maximum absolute atomic E-state index is 16.1. The molecule has 1 aromatic heterocycles. The molecule has 6 bridgehead atoms. The average molecular weight is 1200 g/mol. The first-order chi connectivity index (χ1) is 42.4. The predicted octanol–water partition coefficient (Wildman–Crippen LogP) is 9.09. The number of carbonyl (C=O) groups excluding carboxylic acids is 1. The molecule has 11 aliphatic rings. The van der Waals surface area contributed by atoms with Crippen LogP contribution in [-0.4, -0.2) is 90.5 Å². The molecule has 1 unspecified atom stereocenters. The van der Waals surface area contributed by atoms with Crippen molar-refractivity contribution >= 4 is 16.9 Å². The van der Waals surface area contributed by atoms with E-state index in [4.69, 9.17) is 19.6 Å². The second-order valence-corrected chi connectivity index (χ2v) is 28.6. The van der Waals surface area contributed by atoms with E-state index in [-0.39, 0.29) is 93.9 Å². The first kappa shape index (κ1) is 58.0. The number of nitrogens with one attached hydrogen (secondary N) is 3. The van der Waals surface area contributed by atoms with Gasteiger partial charge >= 0.3 is 5.97 Å². The van der Waals surface area contributed by atoms with Crippen LogP contribution in [0.25, 0.3) is 11.0 Å². The molecule has 12 N–H and O–H groups in total. The van der Waals surface area contributed by atoms with E-state index in [1.165, 1.54) is 17.2 Å². The molecule has 0 saturated heterocycles. The van der Waals surface area contributed by atoms with Crippen LogP contribution in [0.3, 0.4) is 0 Å². The molecule has 16 nitrogen and oxygen atoms in total. The Kier molecular flexibility index (Phi) is 14.1. The predicted molar refractivity (Wildman–Crippen MR) is 331 cm³/mol. The first-order valence-corrected chi connectivity index (χ1v) is 33.0. The van der Waals surface area contributed by atoms with Gasteiger partial charge in [0, 0.05) is 59.5 Å². The van der Waals surface area contributed by atoms with Crippen molar-refractivity contribution < 1.29 is 54.4 Å². The van der Waals surface area contributed by atoms with E-state index in [1.807, 2.05) is 19.1 Å². The Balaban J connectivity index is 0.888. The molecule has 3 aromatic carbocycles. The lowest BCUT2D eigenvalue weighted by molar-refractivity contribution is -0.172. The molecular weight excluding hydrogens is 1110 g/mol. The van der Waals surface area contributed by atoms with Gasteiger partial charge in [0.1, 0.15) is 58.1 Å². The number of hydrogen-bond acceptors (Lipinski definition) is 16. The highest BCUT2D eigenvalue weighted by atomic mass is 16.6. The highest BCUT2D eigenvalue weighted by Gasteiger charge is 2.62. The summed E-state index contributed by atoms with van der Waals surface area (Å²) < 4.78 is 21.8. The standard InChI is InChI=1S/C72H86N4O12/c1-4-53(72(85)31-38-23-42(72)24-39-30-70(66(82)49-11-8-10-45(38)58(39)49)21-18-41-9-6-7-20-71(41,84)35-70)68(83)87-56-29-51-63(81)61-55(80)28-44(33-77)86-65(61)62-59-48-19-22-75-67(73)60(48)47(17-13-36-12-15-43(79)27-50(36)52(59)34-78)46-16-14-37-26-57(74-5-2)76-32-40(37)25-54(46)69(56,3)88-64(51)62/h4,8,10-12,15,19,26-28,32,38-39,41-42,46-47,52,54,56-57,59,66,74-79,81-82,84-85H,5-7,9,13-14,16-18,20-25,29-31,33-35,73H2,1-3H3/b53-4+/t38-,39+,41+,42-,46+,47-,52+,54-,56+,57?,59-,66+,69-,70+,71-,72-/m0/s1. The number of allylic oxidation sites excluding steroid dienone is 5. The van der Waals surface area contributed by atoms with Crippen LogP contribution in [0.15, 0.2) is 110 Å². The van der Waals surface area contributed by atoms with E-state index in [2.05, 4.69) is 53.4 Å². The van der Waals surface area contributed by atoms with Crippen LogP contribution in [0.4, 0.5) is 0 Å². The van der Waals surface area contributed by atoms with Crippen molar-refractivity contribution in [1.29, 1.82) is 0 Å². The maximum Gasteiger partial charge on any atom is 0.337 e. The van der Waals surface area contributed by atoms with Gasteiger partial charge in [0.05, 0.1) is 35.7 Å². The SMILES string of the molecule is C/C=C(\C(=O)O[C@@H]1Cc2c3c(c4oc(CO)cc(=O)c4c2O)[C@H]2C4=CCNC(N)=C4[C@@H](CCc4ccc(O)cc4[C@H]2CO)[C@H]2CCC4=CC(NCC)NC=C4C[C@@H]2[C@]1(C)O3)[C@]1(O)C[C@@H]2C[C@H]1C[C@@H]1C[C@@]3(CC[C@H]4CCCC[C@]4(O)C3)[C@H](O)c3cccc2c31. The summed E-state index contributed by atoms with van der Waals surface area (Å²) in [7, 11) is 0. The summed E-state index contributed by atoms with van der Waals surface area (Å²) in [5.41, 5.74) is 11.9. The highest BCUT2D eigenvalue weighted by Crippen LogP contribution is 2.67. The summed E-state index contributed by atoms with van der Waals surface area (Å²) in [6.45, 7) is 5.92. The second kappa shape index (κ2) is 21.4. The lowest BCUT2D eigenvalue weighted by Gasteiger charge is -2.56. The summed E-state index contributed by atoms with van der Waals surface area (Å²) in [6, 6.07) is 12.7. The van der Waals surface area contributed by atoms with Crippen molar-refractivity contribution in [2.24, 2.45) is 40.7 Å². The summed E-state index contributed by atoms with van der Waals surface area (Å²) in [4.78, 5) is 30.9. The zero-order valence-electron chi connectivity index (χ0n) is 50.9. The summed E-state index contributed by atoms with van der Waals surface area (Å²) in [6.07, 6.45) is 17.4. The van der Waals surface area contributed by atoms with Gasteiger partial charge in [-0.3, -0.25) is 10.1 Å². The fourth-order valence-corrected chi connectivity index (χ4v) is 20.6. The molecule has 466 valence electrons. The van der Waals surface area contributed by atoms with Crippen molar-refractivity contribution in [3.05, 3.63) is 156 Å². The van der Waals surface area contributed by atoms with Crippen LogP contribution in [0.2, 0.25) is 0 Å². The molecule has 5 heterocycles. The number of nitrogens with two attached hydrogens (primary N) is 1. The quantitative estimate of drug-likeness (QED) is 0.0608. The molecule has 1 spiro atoms. The van der Waals surface area contributed by atoms with Crippen LogP contribution in [-0.2, 0) is 29.0 Å². The van der Waals surface area contributed by atoms with Gasteiger partial charge in [-0.15, -0.1) is 0 Å². The lowest BCUT2D eigenvalue weighted by Crippen LogP contribution is -2.59. The van der Waals surface area contributed by atoms with E-state index in [9.17, 15) is 40.5 Å². The number of aromatic hydroxyl groups is 2. The van der Waals surface area contributed by atoms with E-state index < -0.39 is 82.5 Å². The number of aryl methyl sites for hydroxylation is 1. The fraction of sp³-hybridized carbons (Fsp3) is 0.556. The Hall–Kier alpha value is -6.40. The van der Waals surface area contributed by atoms with Crippen molar-refractivity contribution in [3.63, 3.8) is 0 Å². The molecule has 15 rings (SSSR count). The smallest absolute Gasteiger partial charge is 0.337 e. The van der Waals surface area contributed by atoms with E-state index in [0.29, 0.717) is 81.3 Å². The number of ether oxygens (including phenoxy) is 2. The van der Waals surface area contributed by atoms with E-state index >= 15 is 4.79 Å². The van der Waals surface area contributed by atoms with Crippen molar-refractivity contribution in [1.82, 2.24) is 16.0 Å². The van der Waals surface area contributed by atoms with Gasteiger partial charge in [-0.2, -0.15) is 0 Å². The zero-order valence-corrected chi connectivity index (χ0v) is 50.9. The summed E-state index contributed by atoms with van der Waals surface area (Å²) in [5.74, 6) is -3.33. The molecule has 88 heavy (non-hydrogen) atoms. The minimum Gasteiger partial charge on any atom is -0.508 e. The molecule has 16 atom stereocenters. The first-order valence-electron chi connectivity index (χ1n) is 33.0. The third kappa shape index (κ3) is 8.71. The van der Waals surface area contributed by atoms with E-state index in [0.717, 1.165) is 78.5 Å². The van der Waals surface area contributed by atoms with Gasteiger partial charge in [-0.25, -0.2) is 4.79 Å². The number of hydrogen-bond donors (Lipinski definition) is 11. The Morgan fingerprint density at radius 3 is 2.57 bits per heavy atom. The third-order valence-electron chi connectivity index (χ3n) is 24.4. The monoisotopic (exact) mass is 1200 g/mol. The normalized spacial score (nSPS) is 36.9. The number of esters is 1. The maximum atomic E-state index is 16.1. The number of phenolic OH excluding ortho intramolecular Hbond substituents is 2. The van der Waals surface area contributed by atoms with Gasteiger partial charge in [0.25, 0.3) is 0 Å². The van der Waals surface area contributed by atoms with Crippen LogP contribution in [0, 0.1) is 35.0 Å². The number of aliphatic hydroxyl groups is 5. The molecule has 16 heteroatoms. The molecule has 4 fully saturated rings. The Morgan fingerprint density at radius 1 is 0.932 bits per heavy atom. The van der Waals surface area contributed by atoms with Gasteiger partial charge in [-0.05, 0) is 214 Å². The second-order valence-electron chi connectivity index (χ2n) is 28.6. The number of rotatable bonds is 7. The third-order valence-corrected chi connectivity index (χ3v) is 24.4. The Labute approximate surface area is 513 Å². The highest BCUT2D eigenvalue weighted by molar-refractivity contribution is 5.93. The lowest BCUT2D eigenvalue weighted by atomic mass is 9.51. The van der Waals surface area contributed by atoms with Gasteiger partial charge in [0.15, 0.2) is 5.43 Å². The van der Waals surface area contributed by atoms with Crippen LogP contribution in [0.5, 0.6) is 17.2 Å². The molecule has 4 aliphatic heterocycles. The summed E-state index contributed by atoms with van der Waals surface area (Å²) in [5, 5.41) is 96.2. The minimum absolute atomic E-state index is 0.0170. The number of aliphatic hydroxyl groups excluding tert-OH is 3. The van der Waals surface area contributed by atoms with E-state index in [1.54, 1.807) is 25.1 Å². The molecule has 7 aliphatic carbocycles. The Bertz CT molecular complexity index is 3790. The molecule has 4 saturated carbocycles. The minimum atomic E-state index is -1.62. The number of phenols is 2. The van der Waals surface area contributed by atoms with Gasteiger partial charge in [-0.1, -0.05) is 56.2 Å². The van der Waals surface area contributed by atoms with Crippen LogP contribution >= 0.6 is 0 Å². The summed E-state index contributed by atoms with van der Waals surface area (Å²) >= 11 is 0. The number of dihydropyridines is 2. The largest absolute Gasteiger partial charge is 0.508 e. The van der Waals surface area contributed by atoms with Gasteiger partial charge in [0.2, 0.25) is 0 Å². The number of likely N-dealkylation sites (N-methyl/N-ethyl adjacent to an activating group) is 1. The Morgan fingerprint density at radius 2 is 1.76 bits per heavy atom. The number of benzene rings is 3. The molecule has 4 aromatic rings. The average Bonchev–Trinajstić information content (AvgIpc) is 0.963. The van der Waals surface area contributed by atoms with Crippen molar-refractivity contribution in [2.75, 3.05) is 19.7 Å².